The van der Waals surface area contributed by atoms with Gasteiger partial charge in [0.05, 0.1) is 17.2 Å². The van der Waals surface area contributed by atoms with Gasteiger partial charge in [-0.15, -0.1) is 11.3 Å². The van der Waals surface area contributed by atoms with Gasteiger partial charge in [-0.25, -0.2) is 4.98 Å². The molecule has 2 heterocycles. The fourth-order valence-corrected chi connectivity index (χ4v) is 4.00. The second-order valence-corrected chi connectivity index (χ2v) is 8.69. The summed E-state index contributed by atoms with van der Waals surface area (Å²) in [6.45, 7) is 10.2. The van der Waals surface area contributed by atoms with Crippen LogP contribution in [0, 0.1) is 10.1 Å². The van der Waals surface area contributed by atoms with Gasteiger partial charge in [-0.2, -0.15) is 0 Å². The van der Waals surface area contributed by atoms with Crippen LogP contribution in [0.5, 0.6) is 0 Å². The molecule has 27 heavy (non-hydrogen) atoms. The molecular weight excluding hydrogens is 364 g/mol. The summed E-state index contributed by atoms with van der Waals surface area (Å²) in [7, 11) is 0. The predicted molar refractivity (Wildman–Crippen MR) is 105 cm³/mol. The number of nitro groups is 1. The van der Waals surface area contributed by atoms with Crippen molar-refractivity contribution in [3.63, 3.8) is 0 Å². The standard InChI is InChI=1S/C19H24N4O3S/c1-19(2,3)16-13-27-17(20-16)12-21-8-10-22(11-9-21)18(24)14-4-6-15(7-5-14)23(25)26/h4-7,13H,8-12H2,1-3H3. The third kappa shape index (κ3) is 4.70. The number of hydrogen-bond acceptors (Lipinski definition) is 6. The van der Waals surface area contributed by atoms with E-state index in [9.17, 15) is 14.9 Å². The Hall–Kier alpha value is -2.32. The lowest BCUT2D eigenvalue weighted by molar-refractivity contribution is -0.384. The molecule has 0 N–H and O–H groups in total. The topological polar surface area (TPSA) is 79.6 Å². The van der Waals surface area contributed by atoms with E-state index in [2.05, 4.69) is 31.1 Å². The van der Waals surface area contributed by atoms with E-state index in [0.717, 1.165) is 30.3 Å². The molecular formula is C19H24N4O3S. The van der Waals surface area contributed by atoms with Gasteiger partial charge < -0.3 is 4.90 Å². The van der Waals surface area contributed by atoms with Crippen molar-refractivity contribution in [1.29, 1.82) is 0 Å². The number of hydrogen-bond donors (Lipinski definition) is 0. The zero-order valence-electron chi connectivity index (χ0n) is 15.8. The molecule has 1 amide bonds. The minimum absolute atomic E-state index is 0.00515. The Morgan fingerprint density at radius 3 is 2.33 bits per heavy atom. The number of thiazole rings is 1. The Morgan fingerprint density at radius 2 is 1.81 bits per heavy atom. The normalized spacial score (nSPS) is 15.7. The van der Waals surface area contributed by atoms with Crippen LogP contribution in [-0.2, 0) is 12.0 Å². The van der Waals surface area contributed by atoms with E-state index < -0.39 is 4.92 Å². The number of nitro benzene ring substituents is 1. The highest BCUT2D eigenvalue weighted by molar-refractivity contribution is 7.09. The molecule has 0 bridgehead atoms. The number of rotatable bonds is 4. The predicted octanol–water partition coefficient (Wildman–Crippen LogP) is 3.31. The lowest BCUT2D eigenvalue weighted by Crippen LogP contribution is -2.48. The van der Waals surface area contributed by atoms with Gasteiger partial charge in [0.15, 0.2) is 0 Å². The Morgan fingerprint density at radius 1 is 1.19 bits per heavy atom. The quantitative estimate of drug-likeness (QED) is 0.593. The number of non-ortho nitro benzene ring substituents is 1. The summed E-state index contributed by atoms with van der Waals surface area (Å²) in [6.07, 6.45) is 0. The second-order valence-electron chi connectivity index (χ2n) is 7.75. The van der Waals surface area contributed by atoms with Crippen LogP contribution in [-0.4, -0.2) is 51.8 Å². The van der Waals surface area contributed by atoms with Crippen LogP contribution >= 0.6 is 11.3 Å². The van der Waals surface area contributed by atoms with E-state index in [4.69, 9.17) is 4.98 Å². The molecule has 0 radical (unpaired) electrons. The molecule has 3 rings (SSSR count). The van der Waals surface area contributed by atoms with E-state index in [1.807, 2.05) is 0 Å². The van der Waals surface area contributed by atoms with Crippen molar-refractivity contribution in [3.8, 4) is 0 Å². The number of carbonyl (C=O) groups excluding carboxylic acids is 1. The molecule has 0 atom stereocenters. The van der Waals surface area contributed by atoms with E-state index in [1.165, 1.54) is 24.3 Å². The third-order valence-corrected chi connectivity index (χ3v) is 5.50. The molecule has 1 saturated heterocycles. The van der Waals surface area contributed by atoms with Crippen LogP contribution in [0.4, 0.5) is 5.69 Å². The van der Waals surface area contributed by atoms with Gasteiger partial charge in [-0.3, -0.25) is 19.8 Å². The first kappa shape index (κ1) is 19.4. The van der Waals surface area contributed by atoms with Gasteiger partial charge >= 0.3 is 0 Å². The average molecular weight is 388 g/mol. The fourth-order valence-electron chi connectivity index (χ4n) is 2.94. The number of aromatic nitrogens is 1. The van der Waals surface area contributed by atoms with Gasteiger partial charge in [0.1, 0.15) is 5.01 Å². The van der Waals surface area contributed by atoms with Gasteiger partial charge in [-0.1, -0.05) is 20.8 Å². The maximum atomic E-state index is 12.6. The highest BCUT2D eigenvalue weighted by Crippen LogP contribution is 2.25. The Bertz CT molecular complexity index is 818. The van der Waals surface area contributed by atoms with Crippen LogP contribution in [0.2, 0.25) is 0 Å². The number of amides is 1. The number of piperazine rings is 1. The molecule has 7 nitrogen and oxygen atoms in total. The molecule has 144 valence electrons. The minimum atomic E-state index is -0.462. The van der Waals surface area contributed by atoms with Crippen LogP contribution in [0.1, 0.15) is 41.8 Å². The van der Waals surface area contributed by atoms with Gasteiger partial charge in [0, 0.05) is 54.7 Å². The zero-order chi connectivity index (χ0) is 19.6. The van der Waals surface area contributed by atoms with E-state index in [0.29, 0.717) is 18.7 Å². The first-order valence-corrected chi connectivity index (χ1v) is 9.83. The highest BCUT2D eigenvalue weighted by atomic mass is 32.1. The minimum Gasteiger partial charge on any atom is -0.336 e. The molecule has 0 saturated carbocycles. The molecule has 1 aliphatic rings. The molecule has 0 unspecified atom stereocenters. The van der Waals surface area contributed by atoms with Crippen LogP contribution < -0.4 is 0 Å². The molecule has 1 fully saturated rings. The Kier molecular flexibility index (Phi) is 5.57. The summed E-state index contributed by atoms with van der Waals surface area (Å²) < 4.78 is 0. The lowest BCUT2D eigenvalue weighted by Gasteiger charge is -2.34. The van der Waals surface area contributed by atoms with Crippen LogP contribution in [0.3, 0.4) is 0 Å². The Balaban J connectivity index is 1.54. The van der Waals surface area contributed by atoms with E-state index >= 15 is 0 Å². The maximum absolute atomic E-state index is 12.6. The van der Waals surface area contributed by atoms with Crippen molar-refractivity contribution in [2.24, 2.45) is 0 Å². The van der Waals surface area contributed by atoms with Gasteiger partial charge in [-0.05, 0) is 12.1 Å². The smallest absolute Gasteiger partial charge is 0.269 e. The number of carbonyl (C=O) groups is 1. The molecule has 2 aromatic rings. The van der Waals surface area contributed by atoms with Crippen LogP contribution in [0.25, 0.3) is 0 Å². The van der Waals surface area contributed by atoms with Gasteiger partial charge in [0.25, 0.3) is 11.6 Å². The SMILES string of the molecule is CC(C)(C)c1csc(CN2CCN(C(=O)c3ccc([N+](=O)[O-])cc3)CC2)n1. The van der Waals surface area contributed by atoms with Crippen molar-refractivity contribution in [2.75, 3.05) is 26.2 Å². The molecule has 1 aromatic heterocycles. The highest BCUT2D eigenvalue weighted by Gasteiger charge is 2.24. The summed E-state index contributed by atoms with van der Waals surface area (Å²) in [6, 6.07) is 5.80. The largest absolute Gasteiger partial charge is 0.336 e. The van der Waals surface area contributed by atoms with Crippen LogP contribution in [0.15, 0.2) is 29.6 Å². The third-order valence-electron chi connectivity index (χ3n) is 4.66. The molecule has 0 spiro atoms. The van der Waals surface area contributed by atoms with Crippen molar-refractivity contribution in [3.05, 3.63) is 56.0 Å². The van der Waals surface area contributed by atoms with Gasteiger partial charge in [0.2, 0.25) is 0 Å². The summed E-state index contributed by atoms with van der Waals surface area (Å²) in [5.41, 5.74) is 1.66. The molecule has 0 aliphatic carbocycles. The monoisotopic (exact) mass is 388 g/mol. The molecule has 1 aromatic carbocycles. The first-order chi connectivity index (χ1) is 12.7. The van der Waals surface area contributed by atoms with E-state index in [1.54, 1.807) is 16.2 Å². The Labute approximate surface area is 162 Å². The molecule has 1 aliphatic heterocycles. The fraction of sp³-hybridized carbons (Fsp3) is 0.474. The number of nitrogens with zero attached hydrogens (tertiary/aromatic N) is 4. The zero-order valence-corrected chi connectivity index (χ0v) is 16.7. The van der Waals surface area contributed by atoms with Crippen molar-refractivity contribution in [1.82, 2.24) is 14.8 Å². The summed E-state index contributed by atoms with van der Waals surface area (Å²) in [5, 5.41) is 14.0. The van der Waals surface area contributed by atoms with Crippen molar-refractivity contribution in [2.45, 2.75) is 32.7 Å². The summed E-state index contributed by atoms with van der Waals surface area (Å²) >= 11 is 1.69. The maximum Gasteiger partial charge on any atom is 0.269 e. The van der Waals surface area contributed by atoms with E-state index in [-0.39, 0.29) is 17.0 Å². The summed E-state index contributed by atoms with van der Waals surface area (Å²) in [4.78, 5) is 31.7. The lowest BCUT2D eigenvalue weighted by atomic mass is 9.93. The average Bonchev–Trinajstić information content (AvgIpc) is 3.11. The summed E-state index contributed by atoms with van der Waals surface area (Å²) in [5.74, 6) is -0.0752. The first-order valence-electron chi connectivity index (χ1n) is 8.95. The number of benzene rings is 1. The van der Waals surface area contributed by atoms with Crippen molar-refractivity contribution >= 4 is 22.9 Å². The molecule has 8 heteroatoms. The van der Waals surface area contributed by atoms with Crippen molar-refractivity contribution < 1.29 is 9.72 Å². The second kappa shape index (κ2) is 7.74.